The quantitative estimate of drug-likeness (QED) is 0.446. The highest BCUT2D eigenvalue weighted by molar-refractivity contribution is 5.91. The van der Waals surface area contributed by atoms with Crippen LogP contribution in [0.1, 0.15) is 10.4 Å². The van der Waals surface area contributed by atoms with Gasteiger partial charge in [0, 0.05) is 0 Å². The summed E-state index contributed by atoms with van der Waals surface area (Å²) in [6.07, 6.45) is -3.18. The summed E-state index contributed by atoms with van der Waals surface area (Å²) in [5.41, 5.74) is 0.275. The van der Waals surface area contributed by atoms with Gasteiger partial charge in [-0.2, -0.15) is 0 Å². The van der Waals surface area contributed by atoms with Crippen molar-refractivity contribution in [2.24, 2.45) is 0 Å². The fraction of sp³-hybridized carbons (Fsp3) is 0.118. The van der Waals surface area contributed by atoms with Crippen LogP contribution < -0.4 is 14.2 Å². The molecule has 24 heavy (non-hydrogen) atoms. The average molecular weight is 338 g/mol. The van der Waals surface area contributed by atoms with E-state index in [-0.39, 0.29) is 11.3 Å². The third-order valence-corrected chi connectivity index (χ3v) is 2.73. The van der Waals surface area contributed by atoms with E-state index in [0.29, 0.717) is 12.4 Å². The standard InChI is InChI=1S/C17H13F3O4/c1-2-11-22-13-5-3-12(4-6-13)16(21)23-14-7-9-15(10-8-14)24-17(18,19)20/h2-10H,1,11H2. The average Bonchev–Trinajstić information content (AvgIpc) is 2.54. The molecular weight excluding hydrogens is 325 g/mol. The summed E-state index contributed by atoms with van der Waals surface area (Å²) in [7, 11) is 0. The second-order valence-electron chi connectivity index (χ2n) is 4.53. The molecule has 0 bridgehead atoms. The van der Waals surface area contributed by atoms with Crippen LogP contribution >= 0.6 is 0 Å². The molecule has 2 rings (SSSR count). The fourth-order valence-electron chi connectivity index (χ4n) is 1.72. The molecule has 0 spiro atoms. The van der Waals surface area contributed by atoms with Gasteiger partial charge in [0.05, 0.1) is 5.56 Å². The van der Waals surface area contributed by atoms with Crippen molar-refractivity contribution in [3.05, 3.63) is 66.7 Å². The molecule has 4 nitrogen and oxygen atoms in total. The highest BCUT2D eigenvalue weighted by atomic mass is 19.4. The Bertz CT molecular complexity index is 691. The smallest absolute Gasteiger partial charge is 0.490 e. The zero-order chi connectivity index (χ0) is 17.6. The zero-order valence-corrected chi connectivity index (χ0v) is 12.4. The maximum atomic E-state index is 12.1. The van der Waals surface area contributed by atoms with Gasteiger partial charge in [0.2, 0.25) is 0 Å². The Balaban J connectivity index is 1.97. The lowest BCUT2D eigenvalue weighted by molar-refractivity contribution is -0.274. The van der Waals surface area contributed by atoms with Crippen molar-refractivity contribution < 1.29 is 32.2 Å². The van der Waals surface area contributed by atoms with Crippen molar-refractivity contribution in [1.29, 1.82) is 0 Å². The van der Waals surface area contributed by atoms with Crippen molar-refractivity contribution in [2.75, 3.05) is 6.61 Å². The SMILES string of the molecule is C=CCOc1ccc(C(=O)Oc2ccc(OC(F)(F)F)cc2)cc1. The lowest BCUT2D eigenvalue weighted by Crippen LogP contribution is -2.17. The van der Waals surface area contributed by atoms with Crippen molar-refractivity contribution in [3.8, 4) is 17.2 Å². The topological polar surface area (TPSA) is 44.8 Å². The summed E-state index contributed by atoms with van der Waals surface area (Å²) in [5.74, 6) is -0.373. The van der Waals surface area contributed by atoms with Gasteiger partial charge in [-0.25, -0.2) is 4.79 Å². The summed E-state index contributed by atoms with van der Waals surface area (Å²) in [5, 5.41) is 0. The molecule has 0 radical (unpaired) electrons. The summed E-state index contributed by atoms with van der Waals surface area (Å²) >= 11 is 0. The fourth-order valence-corrected chi connectivity index (χ4v) is 1.72. The molecule has 0 aliphatic heterocycles. The van der Waals surface area contributed by atoms with Crippen molar-refractivity contribution >= 4 is 5.97 Å². The zero-order valence-electron chi connectivity index (χ0n) is 12.4. The molecule has 0 aromatic heterocycles. The summed E-state index contributed by atoms with van der Waals surface area (Å²) < 4.78 is 50.3. The van der Waals surface area contributed by atoms with Crippen LogP contribution in [0.25, 0.3) is 0 Å². The maximum Gasteiger partial charge on any atom is 0.573 e. The Morgan fingerprint density at radius 1 is 0.958 bits per heavy atom. The highest BCUT2D eigenvalue weighted by Gasteiger charge is 2.31. The minimum Gasteiger partial charge on any atom is -0.490 e. The summed E-state index contributed by atoms with van der Waals surface area (Å²) in [4.78, 5) is 12.0. The van der Waals surface area contributed by atoms with Crippen LogP contribution in [-0.4, -0.2) is 18.9 Å². The monoisotopic (exact) mass is 338 g/mol. The first-order chi connectivity index (χ1) is 11.4. The number of hydrogen-bond donors (Lipinski definition) is 0. The first kappa shape index (κ1) is 17.4. The Labute approximate surface area is 136 Å². The summed E-state index contributed by atoms with van der Waals surface area (Å²) in [6.45, 7) is 3.87. The molecule has 0 atom stereocenters. The van der Waals surface area contributed by atoms with Crippen molar-refractivity contribution in [1.82, 2.24) is 0 Å². The molecule has 126 valence electrons. The van der Waals surface area contributed by atoms with Crippen LogP contribution in [0.4, 0.5) is 13.2 Å². The second kappa shape index (κ2) is 7.54. The number of hydrogen-bond acceptors (Lipinski definition) is 4. The number of alkyl halides is 3. The van der Waals surface area contributed by atoms with E-state index in [2.05, 4.69) is 11.3 Å². The lowest BCUT2D eigenvalue weighted by Gasteiger charge is -2.09. The minimum atomic E-state index is -4.77. The Morgan fingerprint density at radius 2 is 1.50 bits per heavy atom. The Morgan fingerprint density at radius 3 is 2.04 bits per heavy atom. The molecule has 0 fully saturated rings. The maximum absolute atomic E-state index is 12.1. The number of esters is 1. The number of rotatable bonds is 6. The predicted octanol–water partition coefficient (Wildman–Crippen LogP) is 4.37. The van der Waals surface area contributed by atoms with Crippen molar-refractivity contribution in [3.63, 3.8) is 0 Å². The molecule has 0 unspecified atom stereocenters. The molecule has 0 N–H and O–H groups in total. The Hall–Kier alpha value is -2.96. The van der Waals surface area contributed by atoms with Crippen LogP contribution in [-0.2, 0) is 0 Å². The van der Waals surface area contributed by atoms with E-state index in [0.717, 1.165) is 12.1 Å². The molecule has 0 saturated carbocycles. The normalized spacial score (nSPS) is 10.8. The Kier molecular flexibility index (Phi) is 5.47. The number of carbonyl (C=O) groups is 1. The molecule has 7 heteroatoms. The molecule has 0 saturated heterocycles. The minimum absolute atomic E-state index is 0.0986. The van der Waals surface area contributed by atoms with Gasteiger partial charge in [-0.3, -0.25) is 0 Å². The number of carbonyl (C=O) groups excluding carboxylic acids is 1. The molecule has 0 amide bonds. The van der Waals surface area contributed by atoms with E-state index in [1.807, 2.05) is 0 Å². The molecule has 0 heterocycles. The third kappa shape index (κ3) is 5.35. The van der Waals surface area contributed by atoms with Crippen LogP contribution in [0.15, 0.2) is 61.2 Å². The predicted molar refractivity (Wildman–Crippen MR) is 80.2 cm³/mol. The van der Waals surface area contributed by atoms with E-state index in [1.54, 1.807) is 18.2 Å². The van der Waals surface area contributed by atoms with Crippen LogP contribution in [0.2, 0.25) is 0 Å². The molecule has 0 aliphatic rings. The van der Waals surface area contributed by atoms with Gasteiger partial charge < -0.3 is 14.2 Å². The first-order valence-corrected chi connectivity index (χ1v) is 6.79. The molecule has 2 aromatic carbocycles. The lowest BCUT2D eigenvalue weighted by atomic mass is 10.2. The van der Waals surface area contributed by atoms with E-state index < -0.39 is 18.1 Å². The van der Waals surface area contributed by atoms with Crippen LogP contribution in [0.5, 0.6) is 17.2 Å². The van der Waals surface area contributed by atoms with Crippen molar-refractivity contribution in [2.45, 2.75) is 6.36 Å². The van der Waals surface area contributed by atoms with Gasteiger partial charge in [0.1, 0.15) is 23.9 Å². The van der Waals surface area contributed by atoms with Gasteiger partial charge >= 0.3 is 12.3 Å². The van der Waals surface area contributed by atoms with Gasteiger partial charge in [-0.15, -0.1) is 13.2 Å². The first-order valence-electron chi connectivity index (χ1n) is 6.79. The van der Waals surface area contributed by atoms with Gasteiger partial charge in [-0.05, 0) is 48.5 Å². The molecular formula is C17H13F3O4. The molecule has 0 aliphatic carbocycles. The van der Waals surface area contributed by atoms with Gasteiger partial charge in [0.15, 0.2) is 0 Å². The highest BCUT2D eigenvalue weighted by Crippen LogP contribution is 2.25. The third-order valence-electron chi connectivity index (χ3n) is 2.73. The number of benzene rings is 2. The van der Waals surface area contributed by atoms with Crippen LogP contribution in [0, 0.1) is 0 Å². The van der Waals surface area contributed by atoms with E-state index >= 15 is 0 Å². The van der Waals surface area contributed by atoms with Gasteiger partial charge in [0.25, 0.3) is 0 Å². The molecule has 2 aromatic rings. The van der Waals surface area contributed by atoms with E-state index in [4.69, 9.17) is 9.47 Å². The number of ether oxygens (including phenoxy) is 3. The second-order valence-corrected chi connectivity index (χ2v) is 4.53. The largest absolute Gasteiger partial charge is 0.573 e. The number of halogens is 3. The summed E-state index contributed by atoms with van der Waals surface area (Å²) in [6, 6.07) is 10.8. The van der Waals surface area contributed by atoms with E-state index in [9.17, 15) is 18.0 Å². The van der Waals surface area contributed by atoms with Crippen LogP contribution in [0.3, 0.4) is 0 Å². The van der Waals surface area contributed by atoms with E-state index in [1.165, 1.54) is 24.3 Å². The van der Waals surface area contributed by atoms with Gasteiger partial charge in [-0.1, -0.05) is 12.7 Å².